The van der Waals surface area contributed by atoms with Crippen LogP contribution in [-0.4, -0.2) is 18.2 Å². The van der Waals surface area contributed by atoms with E-state index in [9.17, 15) is 4.79 Å². The lowest BCUT2D eigenvalue weighted by molar-refractivity contribution is -0.118. The van der Waals surface area contributed by atoms with Crippen molar-refractivity contribution in [2.75, 3.05) is 6.54 Å². The lowest BCUT2D eigenvalue weighted by Gasteiger charge is -2.06. The van der Waals surface area contributed by atoms with Gasteiger partial charge in [-0.2, -0.15) is 0 Å². The maximum Gasteiger partial charge on any atom is 0.146 e. The second-order valence-corrected chi connectivity index (χ2v) is 8.25. The lowest BCUT2D eigenvalue weighted by Crippen LogP contribution is -2.22. The highest BCUT2D eigenvalue weighted by molar-refractivity contribution is 5.94. The second kappa shape index (κ2) is 17.2. The predicted octanol–water partition coefficient (Wildman–Crippen LogP) is 6.11. The number of ketones is 1. The van der Waals surface area contributed by atoms with Crippen molar-refractivity contribution in [3.63, 3.8) is 0 Å². The lowest BCUT2D eigenvalue weighted by atomic mass is 10.0. The molecule has 1 aromatic rings. The van der Waals surface area contributed by atoms with Crippen LogP contribution in [0, 0.1) is 5.41 Å². The van der Waals surface area contributed by atoms with E-state index >= 15 is 0 Å². The van der Waals surface area contributed by atoms with Crippen LogP contribution in [0.1, 0.15) is 108 Å². The smallest absolute Gasteiger partial charge is 0.146 e. The summed E-state index contributed by atoms with van der Waals surface area (Å²) in [6.45, 7) is 3.38. The first kappa shape index (κ1) is 25.4. The molecule has 0 saturated heterocycles. The van der Waals surface area contributed by atoms with Crippen molar-refractivity contribution in [3.8, 4) is 0 Å². The van der Waals surface area contributed by atoms with Gasteiger partial charge in [-0.05, 0) is 12.0 Å². The molecule has 0 fully saturated rings. The number of benzene rings is 1. The Bertz CT molecular complexity index is 554. The summed E-state index contributed by atoms with van der Waals surface area (Å²) in [5.41, 5.74) is 7.28. The Morgan fingerprint density at radius 1 is 0.828 bits per heavy atom. The van der Waals surface area contributed by atoms with E-state index in [0.29, 0.717) is 25.3 Å². The van der Waals surface area contributed by atoms with Gasteiger partial charge in [0.1, 0.15) is 11.6 Å². The Morgan fingerprint density at radius 3 is 1.79 bits per heavy atom. The van der Waals surface area contributed by atoms with Crippen LogP contribution in [0.5, 0.6) is 0 Å². The Hall–Kier alpha value is -1.68. The minimum absolute atomic E-state index is 0.0810. The highest BCUT2D eigenvalue weighted by Gasteiger charge is 2.02. The molecule has 0 aliphatic carbocycles. The van der Waals surface area contributed by atoms with Gasteiger partial charge in [-0.15, -0.1) is 0 Å². The summed E-state index contributed by atoms with van der Waals surface area (Å²) >= 11 is 0. The minimum Gasteiger partial charge on any atom is -0.384 e. The van der Waals surface area contributed by atoms with Gasteiger partial charge in [-0.25, -0.2) is 0 Å². The zero-order valence-electron chi connectivity index (χ0n) is 18.6. The maximum atomic E-state index is 12.0. The van der Waals surface area contributed by atoms with Crippen LogP contribution in [0.3, 0.4) is 0 Å². The van der Waals surface area contributed by atoms with Crippen molar-refractivity contribution >= 4 is 11.6 Å². The number of carbonyl (C=O) groups excluding carboxylic acids is 1. The van der Waals surface area contributed by atoms with Gasteiger partial charge in [0.25, 0.3) is 0 Å². The van der Waals surface area contributed by atoms with Crippen molar-refractivity contribution in [1.29, 1.82) is 5.41 Å². The first-order chi connectivity index (χ1) is 14.1. The molecule has 0 radical (unpaired) electrons. The number of hydrogen-bond acceptors (Lipinski definition) is 3. The molecule has 0 saturated carbocycles. The molecule has 164 valence electrons. The van der Waals surface area contributed by atoms with E-state index in [4.69, 9.17) is 11.1 Å². The molecule has 0 spiro atoms. The van der Waals surface area contributed by atoms with Crippen LogP contribution >= 0.6 is 0 Å². The SMILES string of the molecule is CCCCCCCCCCCCCCCC(=O)CNCc1ccc(C(=N)N)cc1. The van der Waals surface area contributed by atoms with Crippen molar-refractivity contribution in [1.82, 2.24) is 5.32 Å². The van der Waals surface area contributed by atoms with Gasteiger partial charge in [0.05, 0.1) is 6.54 Å². The molecule has 0 aromatic heterocycles. The van der Waals surface area contributed by atoms with E-state index < -0.39 is 0 Å². The number of unbranched alkanes of at least 4 members (excludes halogenated alkanes) is 12. The summed E-state index contributed by atoms with van der Waals surface area (Å²) in [6, 6.07) is 7.57. The van der Waals surface area contributed by atoms with Crippen molar-refractivity contribution < 1.29 is 4.79 Å². The number of amidine groups is 1. The van der Waals surface area contributed by atoms with Gasteiger partial charge in [-0.3, -0.25) is 10.2 Å². The number of hydrogen-bond donors (Lipinski definition) is 3. The fourth-order valence-corrected chi connectivity index (χ4v) is 3.58. The van der Waals surface area contributed by atoms with Gasteiger partial charge < -0.3 is 11.1 Å². The fourth-order valence-electron chi connectivity index (χ4n) is 3.58. The van der Waals surface area contributed by atoms with E-state index in [2.05, 4.69) is 12.2 Å². The third kappa shape index (κ3) is 14.0. The van der Waals surface area contributed by atoms with Gasteiger partial charge in [-0.1, -0.05) is 108 Å². The predicted molar refractivity (Wildman–Crippen MR) is 124 cm³/mol. The summed E-state index contributed by atoms with van der Waals surface area (Å²) in [5, 5.41) is 10.6. The molecule has 4 nitrogen and oxygen atoms in total. The van der Waals surface area contributed by atoms with E-state index in [-0.39, 0.29) is 5.84 Å². The van der Waals surface area contributed by atoms with Gasteiger partial charge in [0.15, 0.2) is 0 Å². The summed E-state index contributed by atoms with van der Waals surface area (Å²) in [7, 11) is 0. The number of nitrogens with two attached hydrogens (primary N) is 1. The molecule has 4 N–H and O–H groups in total. The quantitative estimate of drug-likeness (QED) is 0.149. The molecule has 0 bridgehead atoms. The highest BCUT2D eigenvalue weighted by Crippen LogP contribution is 2.13. The van der Waals surface area contributed by atoms with Crippen LogP contribution < -0.4 is 11.1 Å². The third-order valence-corrected chi connectivity index (χ3v) is 5.48. The third-order valence-electron chi connectivity index (χ3n) is 5.48. The topological polar surface area (TPSA) is 79.0 Å². The van der Waals surface area contributed by atoms with Crippen LogP contribution in [0.15, 0.2) is 24.3 Å². The van der Waals surface area contributed by atoms with Crippen molar-refractivity contribution in [2.45, 2.75) is 103 Å². The Morgan fingerprint density at radius 2 is 1.31 bits per heavy atom. The average molecular weight is 402 g/mol. The number of Topliss-reactive ketones (excluding diaryl/α,β-unsaturated/α-hetero) is 1. The van der Waals surface area contributed by atoms with Gasteiger partial charge in [0.2, 0.25) is 0 Å². The summed E-state index contributed by atoms with van der Waals surface area (Å²) in [5.74, 6) is 0.380. The molecule has 0 aliphatic heterocycles. The molecule has 0 aliphatic rings. The first-order valence-corrected chi connectivity index (χ1v) is 11.8. The maximum absolute atomic E-state index is 12.0. The summed E-state index contributed by atoms with van der Waals surface area (Å²) < 4.78 is 0. The van der Waals surface area contributed by atoms with E-state index in [1.165, 1.54) is 77.0 Å². The van der Waals surface area contributed by atoms with E-state index in [1.807, 2.05) is 24.3 Å². The van der Waals surface area contributed by atoms with Crippen LogP contribution in [-0.2, 0) is 11.3 Å². The number of rotatable bonds is 19. The van der Waals surface area contributed by atoms with Gasteiger partial charge in [0, 0.05) is 18.5 Å². The Balaban J connectivity index is 1.88. The second-order valence-electron chi connectivity index (χ2n) is 8.25. The average Bonchev–Trinajstić information content (AvgIpc) is 2.72. The van der Waals surface area contributed by atoms with Crippen LogP contribution in [0.25, 0.3) is 0 Å². The molecule has 29 heavy (non-hydrogen) atoms. The largest absolute Gasteiger partial charge is 0.384 e. The normalized spacial score (nSPS) is 10.9. The fraction of sp³-hybridized carbons (Fsp3) is 0.680. The summed E-state index contributed by atoms with van der Waals surface area (Å²) in [4.78, 5) is 12.0. The van der Waals surface area contributed by atoms with Crippen LogP contribution in [0.4, 0.5) is 0 Å². The summed E-state index contributed by atoms with van der Waals surface area (Å²) in [6.07, 6.45) is 18.0. The zero-order valence-corrected chi connectivity index (χ0v) is 18.6. The standard InChI is InChI=1S/C25H43N3O/c1-2-3-4-5-6-7-8-9-10-11-12-13-14-15-24(29)21-28-20-22-16-18-23(19-17-22)25(26)27/h16-19,28H,2-15,20-21H2,1H3,(H3,26,27). The van der Waals surface area contributed by atoms with Gasteiger partial charge >= 0.3 is 0 Å². The molecule has 0 atom stereocenters. The Kier molecular flexibility index (Phi) is 15.0. The molecule has 0 heterocycles. The number of nitrogens with one attached hydrogen (secondary N) is 2. The first-order valence-electron chi connectivity index (χ1n) is 11.8. The molecular weight excluding hydrogens is 358 g/mol. The highest BCUT2D eigenvalue weighted by atomic mass is 16.1. The molecule has 4 heteroatoms. The monoisotopic (exact) mass is 401 g/mol. The van der Waals surface area contributed by atoms with E-state index in [1.54, 1.807) is 0 Å². The number of carbonyl (C=O) groups is 1. The van der Waals surface area contributed by atoms with Crippen molar-refractivity contribution in [2.24, 2.45) is 5.73 Å². The molecule has 0 unspecified atom stereocenters. The molecule has 1 rings (SSSR count). The number of nitrogen functional groups attached to an aromatic ring is 1. The van der Waals surface area contributed by atoms with E-state index in [0.717, 1.165) is 17.5 Å². The minimum atomic E-state index is 0.0810. The zero-order chi connectivity index (χ0) is 21.2. The molecule has 0 amide bonds. The van der Waals surface area contributed by atoms with Crippen LogP contribution in [0.2, 0.25) is 0 Å². The Labute approximate surface area is 178 Å². The molecular formula is C25H43N3O. The van der Waals surface area contributed by atoms with Crippen molar-refractivity contribution in [3.05, 3.63) is 35.4 Å². The molecule has 1 aromatic carbocycles.